The van der Waals surface area contributed by atoms with Crippen molar-refractivity contribution in [2.75, 3.05) is 32.2 Å². The Balaban J connectivity index is 1.65. The highest BCUT2D eigenvalue weighted by molar-refractivity contribution is 5.86. The monoisotopic (exact) mass is 458 g/mol. The number of aromatic amines is 1. The summed E-state index contributed by atoms with van der Waals surface area (Å²) in [5, 5.41) is 4.85. The highest BCUT2D eigenvalue weighted by Crippen LogP contribution is 2.35. The van der Waals surface area contributed by atoms with E-state index < -0.39 is 0 Å². The van der Waals surface area contributed by atoms with Crippen LogP contribution in [0, 0.1) is 6.92 Å². The van der Waals surface area contributed by atoms with Gasteiger partial charge in [0.25, 0.3) is 5.56 Å². The lowest BCUT2D eigenvalue weighted by Gasteiger charge is -2.28. The summed E-state index contributed by atoms with van der Waals surface area (Å²) in [7, 11) is 3.23. The Hall–Kier alpha value is -3.74. The third-order valence-electron chi connectivity index (χ3n) is 6.62. The van der Waals surface area contributed by atoms with E-state index in [9.17, 15) is 4.79 Å². The Morgan fingerprint density at radius 2 is 1.71 bits per heavy atom. The van der Waals surface area contributed by atoms with Gasteiger partial charge in [-0.15, -0.1) is 0 Å². The van der Waals surface area contributed by atoms with Crippen LogP contribution in [-0.2, 0) is 6.42 Å². The molecule has 7 nitrogen and oxygen atoms in total. The fraction of sp³-hybridized carbons (Fsp3) is 0.333. The SMILES string of the molecule is COc1ccc(Cc2c(C)[nH]c3c(N4CCCCC4)c(-c4ccccc4)nn3c2=O)cc1OC. The molecule has 1 N–H and O–H groups in total. The zero-order valence-corrected chi connectivity index (χ0v) is 19.9. The molecule has 4 aromatic rings. The third kappa shape index (κ3) is 3.91. The Morgan fingerprint density at radius 3 is 2.41 bits per heavy atom. The molecule has 0 spiro atoms. The molecule has 0 amide bonds. The second-order valence-electron chi connectivity index (χ2n) is 8.77. The van der Waals surface area contributed by atoms with Gasteiger partial charge in [0.15, 0.2) is 17.1 Å². The molecule has 0 unspecified atom stereocenters. The molecule has 0 saturated carbocycles. The fourth-order valence-corrected chi connectivity index (χ4v) is 4.82. The molecule has 3 heterocycles. The van der Waals surface area contributed by atoms with E-state index in [0.717, 1.165) is 59.8 Å². The summed E-state index contributed by atoms with van der Waals surface area (Å²) in [6.45, 7) is 3.90. The molecule has 1 aliphatic heterocycles. The Morgan fingerprint density at radius 1 is 0.971 bits per heavy atom. The highest BCUT2D eigenvalue weighted by atomic mass is 16.5. The second kappa shape index (κ2) is 9.25. The van der Waals surface area contributed by atoms with Crippen molar-refractivity contribution in [2.24, 2.45) is 0 Å². The van der Waals surface area contributed by atoms with Gasteiger partial charge in [-0.05, 0) is 43.9 Å². The average Bonchev–Trinajstić information content (AvgIpc) is 3.27. The maximum absolute atomic E-state index is 13.7. The van der Waals surface area contributed by atoms with Crippen molar-refractivity contribution in [3.05, 3.63) is 75.7 Å². The molecular weight excluding hydrogens is 428 g/mol. The van der Waals surface area contributed by atoms with Gasteiger partial charge in [-0.25, -0.2) is 0 Å². The third-order valence-corrected chi connectivity index (χ3v) is 6.62. The standard InChI is InChI=1S/C27H30N4O3/c1-18-21(16-19-12-13-22(33-2)23(17-19)34-3)27(32)31-26(28-18)25(30-14-8-5-9-15-30)24(29-31)20-10-6-4-7-11-20/h4,6-7,10-13,17,28H,5,8-9,14-16H2,1-3H3. The topological polar surface area (TPSA) is 71.9 Å². The molecule has 1 fully saturated rings. The Labute approximate surface area is 198 Å². The van der Waals surface area contributed by atoms with Gasteiger partial charge < -0.3 is 19.4 Å². The number of aryl methyl sites for hydroxylation is 1. The molecule has 34 heavy (non-hydrogen) atoms. The van der Waals surface area contributed by atoms with Gasteiger partial charge in [-0.3, -0.25) is 4.79 Å². The molecule has 1 saturated heterocycles. The number of benzene rings is 2. The van der Waals surface area contributed by atoms with Crippen molar-refractivity contribution in [2.45, 2.75) is 32.6 Å². The van der Waals surface area contributed by atoms with E-state index in [2.05, 4.69) is 22.0 Å². The van der Waals surface area contributed by atoms with Crippen LogP contribution in [0.5, 0.6) is 11.5 Å². The van der Waals surface area contributed by atoms with Crippen LogP contribution in [0.15, 0.2) is 53.3 Å². The van der Waals surface area contributed by atoms with Crippen molar-refractivity contribution in [3.63, 3.8) is 0 Å². The van der Waals surface area contributed by atoms with Gasteiger partial charge in [0.2, 0.25) is 0 Å². The minimum atomic E-state index is -0.0959. The number of fused-ring (bicyclic) bond motifs is 1. The number of aromatic nitrogens is 3. The first-order chi connectivity index (χ1) is 16.6. The number of rotatable bonds is 6. The summed E-state index contributed by atoms with van der Waals surface area (Å²) in [5.74, 6) is 1.31. The smallest absolute Gasteiger partial charge is 0.278 e. The van der Waals surface area contributed by atoms with Crippen LogP contribution in [0.2, 0.25) is 0 Å². The minimum absolute atomic E-state index is 0.0959. The summed E-state index contributed by atoms with van der Waals surface area (Å²) in [6.07, 6.45) is 4.00. The second-order valence-corrected chi connectivity index (χ2v) is 8.77. The van der Waals surface area contributed by atoms with E-state index in [0.29, 0.717) is 23.5 Å². The predicted octanol–water partition coefficient (Wildman–Crippen LogP) is 4.60. The number of hydrogen-bond donors (Lipinski definition) is 1. The highest BCUT2D eigenvalue weighted by Gasteiger charge is 2.25. The van der Waals surface area contributed by atoms with E-state index in [-0.39, 0.29) is 5.56 Å². The van der Waals surface area contributed by atoms with Crippen LogP contribution >= 0.6 is 0 Å². The minimum Gasteiger partial charge on any atom is -0.493 e. The summed E-state index contributed by atoms with van der Waals surface area (Å²) < 4.78 is 12.3. The molecule has 0 bridgehead atoms. The molecule has 5 rings (SSSR count). The number of H-pyrrole nitrogens is 1. The van der Waals surface area contributed by atoms with Crippen molar-refractivity contribution < 1.29 is 9.47 Å². The quantitative estimate of drug-likeness (QED) is 0.457. The van der Waals surface area contributed by atoms with Crippen LogP contribution in [0.1, 0.15) is 36.1 Å². The lowest BCUT2D eigenvalue weighted by molar-refractivity contribution is 0.354. The zero-order chi connectivity index (χ0) is 23.7. The lowest BCUT2D eigenvalue weighted by Crippen LogP contribution is -2.30. The van der Waals surface area contributed by atoms with Crippen molar-refractivity contribution >= 4 is 11.3 Å². The maximum atomic E-state index is 13.7. The van der Waals surface area contributed by atoms with Gasteiger partial charge in [0, 0.05) is 36.3 Å². The number of anilines is 1. The summed E-state index contributed by atoms with van der Waals surface area (Å²) in [5.41, 5.74) is 6.05. The van der Waals surface area contributed by atoms with Crippen molar-refractivity contribution in [1.29, 1.82) is 0 Å². The van der Waals surface area contributed by atoms with Crippen LogP contribution in [0.3, 0.4) is 0 Å². The van der Waals surface area contributed by atoms with Gasteiger partial charge in [-0.1, -0.05) is 36.4 Å². The normalized spacial score (nSPS) is 13.9. The van der Waals surface area contributed by atoms with E-state index >= 15 is 0 Å². The van der Waals surface area contributed by atoms with Crippen LogP contribution in [-0.4, -0.2) is 41.9 Å². The summed E-state index contributed by atoms with van der Waals surface area (Å²) >= 11 is 0. The number of ether oxygens (including phenoxy) is 2. The predicted molar refractivity (Wildman–Crippen MR) is 134 cm³/mol. The fourth-order valence-electron chi connectivity index (χ4n) is 4.82. The van der Waals surface area contributed by atoms with E-state index in [4.69, 9.17) is 14.6 Å². The van der Waals surface area contributed by atoms with E-state index in [1.54, 1.807) is 18.7 Å². The lowest BCUT2D eigenvalue weighted by atomic mass is 10.0. The van der Waals surface area contributed by atoms with E-state index in [1.807, 2.05) is 43.3 Å². The molecule has 0 atom stereocenters. The zero-order valence-electron chi connectivity index (χ0n) is 19.9. The summed E-state index contributed by atoms with van der Waals surface area (Å²) in [6, 6.07) is 15.9. The number of nitrogens with one attached hydrogen (secondary N) is 1. The van der Waals surface area contributed by atoms with Crippen molar-refractivity contribution in [1.82, 2.24) is 14.6 Å². The number of hydrogen-bond acceptors (Lipinski definition) is 5. The molecule has 0 radical (unpaired) electrons. The van der Waals surface area contributed by atoms with Crippen LogP contribution in [0.4, 0.5) is 5.69 Å². The first-order valence-electron chi connectivity index (χ1n) is 11.8. The summed E-state index contributed by atoms with van der Waals surface area (Å²) in [4.78, 5) is 19.6. The Kier molecular flexibility index (Phi) is 6.01. The molecule has 176 valence electrons. The maximum Gasteiger partial charge on any atom is 0.278 e. The van der Waals surface area contributed by atoms with Gasteiger partial charge >= 0.3 is 0 Å². The first kappa shape index (κ1) is 22.1. The molecule has 2 aromatic carbocycles. The van der Waals surface area contributed by atoms with Gasteiger partial charge in [0.1, 0.15) is 11.4 Å². The average molecular weight is 459 g/mol. The first-order valence-corrected chi connectivity index (χ1v) is 11.8. The number of methoxy groups -OCH3 is 2. The van der Waals surface area contributed by atoms with Crippen LogP contribution in [0.25, 0.3) is 16.9 Å². The molecule has 0 aliphatic carbocycles. The van der Waals surface area contributed by atoms with Crippen molar-refractivity contribution in [3.8, 4) is 22.8 Å². The van der Waals surface area contributed by atoms with Crippen LogP contribution < -0.4 is 19.9 Å². The molecule has 1 aliphatic rings. The molecule has 7 heteroatoms. The van der Waals surface area contributed by atoms with Gasteiger partial charge in [0.05, 0.1) is 14.2 Å². The van der Waals surface area contributed by atoms with Gasteiger partial charge in [-0.2, -0.15) is 9.61 Å². The molecule has 2 aromatic heterocycles. The number of piperidine rings is 1. The largest absolute Gasteiger partial charge is 0.493 e. The van der Waals surface area contributed by atoms with E-state index in [1.165, 1.54) is 6.42 Å². The number of nitrogens with zero attached hydrogens (tertiary/aromatic N) is 3. The molecular formula is C27H30N4O3. The Bertz CT molecular complexity index is 1370.